The second-order valence-corrected chi connectivity index (χ2v) is 5.46. The predicted octanol–water partition coefficient (Wildman–Crippen LogP) is 4.29. The van der Waals surface area contributed by atoms with Gasteiger partial charge in [-0.3, -0.25) is 0 Å². The molecule has 0 N–H and O–H groups in total. The zero-order valence-electron chi connectivity index (χ0n) is 12.3. The highest BCUT2D eigenvalue weighted by atomic mass is 19.4. The van der Waals surface area contributed by atoms with Crippen molar-refractivity contribution in [2.24, 2.45) is 0 Å². The summed E-state index contributed by atoms with van der Waals surface area (Å²) in [5, 5.41) is 0. The Labute approximate surface area is 134 Å². The van der Waals surface area contributed by atoms with Gasteiger partial charge in [0.1, 0.15) is 24.0 Å². The summed E-state index contributed by atoms with van der Waals surface area (Å²) in [5.74, 6) is 0.502. The standard InChI is InChI=1S/C17H12F3NO3/c18-17(19,20)13-4-2-1-3-12(13)16-21-14-7-10(5-6-15(14)24-16)22-8-11-9-23-11/h1-7,11H,8-9H2. The van der Waals surface area contributed by atoms with Gasteiger partial charge < -0.3 is 13.9 Å². The van der Waals surface area contributed by atoms with E-state index in [1.54, 1.807) is 18.2 Å². The summed E-state index contributed by atoms with van der Waals surface area (Å²) in [4.78, 5) is 4.18. The summed E-state index contributed by atoms with van der Waals surface area (Å²) in [6.45, 7) is 1.12. The molecular weight excluding hydrogens is 323 g/mol. The van der Waals surface area contributed by atoms with Crippen molar-refractivity contribution in [1.82, 2.24) is 4.98 Å². The second kappa shape index (κ2) is 5.52. The highest BCUT2D eigenvalue weighted by molar-refractivity contribution is 5.78. The zero-order chi connectivity index (χ0) is 16.7. The fourth-order valence-electron chi connectivity index (χ4n) is 2.38. The van der Waals surface area contributed by atoms with Crippen molar-refractivity contribution in [2.75, 3.05) is 13.2 Å². The molecule has 0 aliphatic carbocycles. The maximum absolute atomic E-state index is 13.1. The smallest absolute Gasteiger partial charge is 0.417 e. The van der Waals surface area contributed by atoms with E-state index in [9.17, 15) is 13.2 Å². The van der Waals surface area contributed by atoms with Crippen LogP contribution in [0.5, 0.6) is 5.75 Å². The molecule has 0 radical (unpaired) electrons. The molecule has 0 saturated carbocycles. The summed E-state index contributed by atoms with van der Waals surface area (Å²) < 4.78 is 55.5. The van der Waals surface area contributed by atoms with Crippen molar-refractivity contribution < 1.29 is 27.1 Å². The summed E-state index contributed by atoms with van der Waals surface area (Å²) in [5.41, 5.74) is -0.0258. The molecule has 4 rings (SSSR count). The Morgan fingerprint density at radius 1 is 1.17 bits per heavy atom. The molecule has 3 aromatic rings. The van der Waals surface area contributed by atoms with Crippen LogP contribution in [0.15, 0.2) is 46.9 Å². The van der Waals surface area contributed by atoms with Gasteiger partial charge in [0.2, 0.25) is 5.89 Å². The molecule has 1 saturated heterocycles. The van der Waals surface area contributed by atoms with Crippen molar-refractivity contribution in [3.8, 4) is 17.2 Å². The van der Waals surface area contributed by atoms with E-state index in [0.29, 0.717) is 30.1 Å². The lowest BCUT2D eigenvalue weighted by Crippen LogP contribution is -2.06. The molecule has 24 heavy (non-hydrogen) atoms. The van der Waals surface area contributed by atoms with Gasteiger partial charge in [0.05, 0.1) is 12.2 Å². The van der Waals surface area contributed by atoms with Gasteiger partial charge in [-0.05, 0) is 24.3 Å². The molecule has 1 fully saturated rings. The Morgan fingerprint density at radius 2 is 1.96 bits per heavy atom. The lowest BCUT2D eigenvalue weighted by Gasteiger charge is -2.09. The van der Waals surface area contributed by atoms with E-state index in [4.69, 9.17) is 13.9 Å². The van der Waals surface area contributed by atoms with Crippen LogP contribution in [0.3, 0.4) is 0 Å². The number of hydrogen-bond donors (Lipinski definition) is 0. The molecule has 7 heteroatoms. The maximum atomic E-state index is 13.1. The predicted molar refractivity (Wildman–Crippen MR) is 79.7 cm³/mol. The molecule has 4 nitrogen and oxygen atoms in total. The van der Waals surface area contributed by atoms with Crippen molar-refractivity contribution in [3.63, 3.8) is 0 Å². The normalized spacial score (nSPS) is 17.2. The molecule has 2 heterocycles. The fourth-order valence-corrected chi connectivity index (χ4v) is 2.38. The number of halogens is 3. The van der Waals surface area contributed by atoms with Crippen LogP contribution >= 0.6 is 0 Å². The average molecular weight is 335 g/mol. The highest BCUT2D eigenvalue weighted by Crippen LogP contribution is 2.37. The first-order valence-electron chi connectivity index (χ1n) is 7.32. The quantitative estimate of drug-likeness (QED) is 0.667. The minimum atomic E-state index is -4.48. The average Bonchev–Trinajstić information content (AvgIpc) is 3.29. The SMILES string of the molecule is FC(F)(F)c1ccccc1-c1nc2cc(OCC3CO3)ccc2o1. The molecule has 1 atom stereocenters. The minimum Gasteiger partial charge on any atom is -0.491 e. The van der Waals surface area contributed by atoms with E-state index in [2.05, 4.69) is 4.98 Å². The van der Waals surface area contributed by atoms with Crippen molar-refractivity contribution >= 4 is 11.1 Å². The number of oxazole rings is 1. The molecule has 1 unspecified atom stereocenters. The number of hydrogen-bond acceptors (Lipinski definition) is 4. The van der Waals surface area contributed by atoms with Gasteiger partial charge in [0, 0.05) is 11.6 Å². The van der Waals surface area contributed by atoms with Gasteiger partial charge in [-0.1, -0.05) is 12.1 Å². The molecule has 1 aliphatic rings. The number of rotatable bonds is 4. The molecule has 1 aliphatic heterocycles. The van der Waals surface area contributed by atoms with Crippen LogP contribution in [0.4, 0.5) is 13.2 Å². The number of aromatic nitrogens is 1. The first-order valence-corrected chi connectivity index (χ1v) is 7.32. The third-order valence-corrected chi connectivity index (χ3v) is 3.66. The number of nitrogens with zero attached hydrogens (tertiary/aromatic N) is 1. The van der Waals surface area contributed by atoms with Crippen LogP contribution in [0.1, 0.15) is 5.56 Å². The summed E-state index contributed by atoms with van der Waals surface area (Å²) in [6, 6.07) is 10.2. The van der Waals surface area contributed by atoms with E-state index in [1.807, 2.05) is 0 Å². The molecular formula is C17H12F3NO3. The van der Waals surface area contributed by atoms with Gasteiger partial charge in [-0.25, -0.2) is 4.98 Å². The first kappa shape index (κ1) is 15.0. The van der Waals surface area contributed by atoms with E-state index in [-0.39, 0.29) is 17.6 Å². The van der Waals surface area contributed by atoms with Crippen molar-refractivity contribution in [2.45, 2.75) is 12.3 Å². The van der Waals surface area contributed by atoms with Gasteiger partial charge in [0.25, 0.3) is 0 Å². The molecule has 124 valence electrons. The third kappa shape index (κ3) is 2.94. The summed E-state index contributed by atoms with van der Waals surface area (Å²) in [7, 11) is 0. The van der Waals surface area contributed by atoms with E-state index >= 15 is 0 Å². The van der Waals surface area contributed by atoms with Crippen LogP contribution in [0, 0.1) is 0 Å². The Morgan fingerprint density at radius 3 is 2.71 bits per heavy atom. The summed E-state index contributed by atoms with van der Waals surface area (Å²) in [6.07, 6.45) is -4.36. The lowest BCUT2D eigenvalue weighted by molar-refractivity contribution is -0.137. The Hall–Kier alpha value is -2.54. The van der Waals surface area contributed by atoms with Gasteiger partial charge in [0.15, 0.2) is 5.58 Å². The largest absolute Gasteiger partial charge is 0.491 e. The van der Waals surface area contributed by atoms with Gasteiger partial charge in [-0.15, -0.1) is 0 Å². The Bertz CT molecular complexity index is 884. The number of epoxide rings is 1. The van der Waals surface area contributed by atoms with Gasteiger partial charge >= 0.3 is 6.18 Å². The molecule has 2 aromatic carbocycles. The number of alkyl halides is 3. The lowest BCUT2D eigenvalue weighted by atomic mass is 10.1. The van der Waals surface area contributed by atoms with Crippen LogP contribution in [-0.2, 0) is 10.9 Å². The second-order valence-electron chi connectivity index (χ2n) is 5.46. The maximum Gasteiger partial charge on any atom is 0.417 e. The minimum absolute atomic E-state index is 0.0689. The molecule has 0 bridgehead atoms. The number of benzene rings is 2. The fraction of sp³-hybridized carbons (Fsp3) is 0.235. The monoisotopic (exact) mass is 335 g/mol. The van der Waals surface area contributed by atoms with E-state index < -0.39 is 11.7 Å². The zero-order valence-corrected chi connectivity index (χ0v) is 12.3. The molecule has 0 amide bonds. The van der Waals surface area contributed by atoms with E-state index in [0.717, 1.165) is 6.07 Å². The van der Waals surface area contributed by atoms with Crippen LogP contribution in [0.25, 0.3) is 22.6 Å². The van der Waals surface area contributed by atoms with Gasteiger partial charge in [-0.2, -0.15) is 13.2 Å². The van der Waals surface area contributed by atoms with Crippen LogP contribution < -0.4 is 4.74 Å². The highest BCUT2D eigenvalue weighted by Gasteiger charge is 2.34. The van der Waals surface area contributed by atoms with Crippen LogP contribution in [0.2, 0.25) is 0 Å². The Balaban J connectivity index is 1.70. The number of ether oxygens (including phenoxy) is 2. The number of fused-ring (bicyclic) bond motifs is 1. The van der Waals surface area contributed by atoms with Crippen molar-refractivity contribution in [3.05, 3.63) is 48.0 Å². The summed E-state index contributed by atoms with van der Waals surface area (Å²) >= 11 is 0. The first-order chi connectivity index (χ1) is 11.5. The van der Waals surface area contributed by atoms with Crippen LogP contribution in [-0.4, -0.2) is 24.3 Å². The van der Waals surface area contributed by atoms with E-state index in [1.165, 1.54) is 18.2 Å². The third-order valence-electron chi connectivity index (χ3n) is 3.66. The topological polar surface area (TPSA) is 47.8 Å². The molecule has 0 spiro atoms. The van der Waals surface area contributed by atoms with Crippen molar-refractivity contribution in [1.29, 1.82) is 0 Å². The Kier molecular flexibility index (Phi) is 3.45. The molecule has 1 aromatic heterocycles.